The van der Waals surface area contributed by atoms with Crippen LogP contribution < -0.4 is 10.6 Å². The average molecular weight is 439 g/mol. The number of benzene rings is 1. The fraction of sp³-hybridized carbons (Fsp3) is 0.538. The first-order valence-electron chi connectivity index (χ1n) is 11.5. The van der Waals surface area contributed by atoms with Crippen LogP contribution in [0, 0.1) is 12.3 Å². The van der Waals surface area contributed by atoms with Crippen molar-refractivity contribution >= 4 is 11.7 Å². The standard InChI is InChI=1S/C26H38N4O2/c1-7-32-25(5,6)26(18-28-23(31)29-22-11-9-8-10-12-22)15-16-30(19-26)24(3,4)21-14-13-20(2)27-17-21/h8-14,17H,7,15-16,18-19H2,1-6H3,(H2,28,29,31)/t26-/m1/s1. The Balaban J connectivity index is 1.77. The normalized spacial score (nSPS) is 19.7. The van der Waals surface area contributed by atoms with Crippen molar-refractivity contribution in [2.24, 2.45) is 5.41 Å². The Bertz CT molecular complexity index is 896. The number of aromatic nitrogens is 1. The van der Waals surface area contributed by atoms with Gasteiger partial charge in [0.05, 0.1) is 5.60 Å². The van der Waals surface area contributed by atoms with Gasteiger partial charge in [0.15, 0.2) is 0 Å². The number of hydrogen-bond donors (Lipinski definition) is 2. The average Bonchev–Trinajstić information content (AvgIpc) is 3.21. The van der Waals surface area contributed by atoms with Gasteiger partial charge in [-0.15, -0.1) is 0 Å². The van der Waals surface area contributed by atoms with Crippen molar-refractivity contribution in [1.82, 2.24) is 15.2 Å². The number of pyridine rings is 1. The van der Waals surface area contributed by atoms with Gasteiger partial charge in [-0.25, -0.2) is 4.79 Å². The van der Waals surface area contributed by atoms with Crippen LogP contribution in [0.25, 0.3) is 0 Å². The lowest BCUT2D eigenvalue weighted by Gasteiger charge is -2.45. The van der Waals surface area contributed by atoms with Crippen LogP contribution in [-0.2, 0) is 10.3 Å². The molecule has 1 aromatic heterocycles. The third-order valence-corrected chi connectivity index (χ3v) is 7.16. The Labute approximate surface area is 192 Å². The molecule has 2 heterocycles. The third-order valence-electron chi connectivity index (χ3n) is 7.16. The number of amides is 2. The molecule has 3 rings (SSSR count). The molecule has 2 amide bonds. The van der Waals surface area contributed by atoms with E-state index in [1.165, 1.54) is 5.56 Å². The van der Waals surface area contributed by atoms with Crippen LogP contribution in [-0.4, -0.2) is 47.8 Å². The first kappa shape index (κ1) is 24.2. The summed E-state index contributed by atoms with van der Waals surface area (Å²) in [5.41, 5.74) is 2.22. The minimum Gasteiger partial charge on any atom is -0.375 e. The van der Waals surface area contributed by atoms with Crippen molar-refractivity contribution < 1.29 is 9.53 Å². The smallest absolute Gasteiger partial charge is 0.319 e. The summed E-state index contributed by atoms with van der Waals surface area (Å²) in [5.74, 6) is 0. The van der Waals surface area contributed by atoms with Crippen LogP contribution >= 0.6 is 0 Å². The second kappa shape index (κ2) is 9.59. The van der Waals surface area contributed by atoms with Crippen LogP contribution in [0.3, 0.4) is 0 Å². The number of anilines is 1. The second-order valence-corrected chi connectivity index (χ2v) is 9.82. The fourth-order valence-electron chi connectivity index (χ4n) is 4.67. The summed E-state index contributed by atoms with van der Waals surface area (Å²) in [5, 5.41) is 6.05. The quantitative estimate of drug-likeness (QED) is 0.612. The van der Waals surface area contributed by atoms with E-state index in [1.54, 1.807) is 0 Å². The molecule has 32 heavy (non-hydrogen) atoms. The zero-order chi connectivity index (χ0) is 23.4. The van der Waals surface area contributed by atoms with Crippen molar-refractivity contribution in [3.05, 3.63) is 59.9 Å². The molecule has 2 N–H and O–H groups in total. The zero-order valence-electron chi connectivity index (χ0n) is 20.4. The number of urea groups is 1. The van der Waals surface area contributed by atoms with Gasteiger partial charge in [0.1, 0.15) is 0 Å². The van der Waals surface area contributed by atoms with Crippen LogP contribution in [0.2, 0.25) is 0 Å². The largest absolute Gasteiger partial charge is 0.375 e. The molecule has 0 radical (unpaired) electrons. The number of hydrogen-bond acceptors (Lipinski definition) is 4. The number of likely N-dealkylation sites (tertiary alicyclic amines) is 1. The number of nitrogens with one attached hydrogen (secondary N) is 2. The Kier molecular flexibility index (Phi) is 7.25. The van der Waals surface area contributed by atoms with Gasteiger partial charge in [0.25, 0.3) is 0 Å². The van der Waals surface area contributed by atoms with E-state index in [4.69, 9.17) is 4.74 Å². The van der Waals surface area contributed by atoms with Crippen LogP contribution in [0.15, 0.2) is 48.7 Å². The highest BCUT2D eigenvalue weighted by Crippen LogP contribution is 2.46. The Morgan fingerprint density at radius 1 is 1.16 bits per heavy atom. The summed E-state index contributed by atoms with van der Waals surface area (Å²) in [6.07, 6.45) is 2.92. The molecule has 0 saturated carbocycles. The lowest BCUT2D eigenvalue weighted by atomic mass is 9.72. The van der Waals surface area contributed by atoms with Gasteiger partial charge in [-0.05, 0) is 78.3 Å². The summed E-state index contributed by atoms with van der Waals surface area (Å²) < 4.78 is 6.24. The summed E-state index contributed by atoms with van der Waals surface area (Å²) in [7, 11) is 0. The first-order valence-corrected chi connectivity index (χ1v) is 11.5. The van der Waals surface area contributed by atoms with Crippen LogP contribution in [0.5, 0.6) is 0 Å². The van der Waals surface area contributed by atoms with Gasteiger partial charge in [0.2, 0.25) is 0 Å². The number of ether oxygens (including phenoxy) is 1. The van der Waals surface area contributed by atoms with Gasteiger partial charge in [-0.1, -0.05) is 24.3 Å². The van der Waals surface area contributed by atoms with E-state index < -0.39 is 5.60 Å². The maximum Gasteiger partial charge on any atom is 0.319 e. The van der Waals surface area contributed by atoms with Crippen LogP contribution in [0.4, 0.5) is 10.5 Å². The monoisotopic (exact) mass is 438 g/mol. The summed E-state index contributed by atoms with van der Waals surface area (Å²) in [4.78, 5) is 19.7. The van der Waals surface area contributed by atoms with E-state index in [9.17, 15) is 4.79 Å². The predicted molar refractivity (Wildman–Crippen MR) is 130 cm³/mol. The molecule has 6 heteroatoms. The lowest BCUT2D eigenvalue weighted by Crippen LogP contribution is -2.55. The second-order valence-electron chi connectivity index (χ2n) is 9.82. The van der Waals surface area contributed by atoms with Gasteiger partial charge in [-0.3, -0.25) is 9.88 Å². The molecule has 1 aliphatic heterocycles. The van der Waals surface area contributed by atoms with Crippen molar-refractivity contribution in [3.63, 3.8) is 0 Å². The molecule has 0 aliphatic carbocycles. The number of para-hydroxylation sites is 1. The SMILES string of the molecule is CCOC(C)(C)[C@@]1(CNC(=O)Nc2ccccc2)CCN(C(C)(C)c2ccc(C)nc2)C1. The number of carbonyl (C=O) groups is 1. The zero-order valence-corrected chi connectivity index (χ0v) is 20.4. The Hall–Kier alpha value is -2.44. The summed E-state index contributed by atoms with van der Waals surface area (Å²) in [6, 6.07) is 13.6. The molecule has 0 spiro atoms. The topological polar surface area (TPSA) is 66.5 Å². The molecule has 1 saturated heterocycles. The van der Waals surface area contributed by atoms with Crippen molar-refractivity contribution in [2.45, 2.75) is 59.1 Å². The lowest BCUT2D eigenvalue weighted by molar-refractivity contribution is -0.104. The van der Waals surface area contributed by atoms with Gasteiger partial charge >= 0.3 is 6.03 Å². The first-order chi connectivity index (χ1) is 15.1. The molecule has 6 nitrogen and oxygen atoms in total. The Morgan fingerprint density at radius 3 is 2.50 bits per heavy atom. The highest BCUT2D eigenvalue weighted by Gasteiger charge is 2.52. The maximum absolute atomic E-state index is 12.6. The van der Waals surface area contributed by atoms with Gasteiger partial charge < -0.3 is 15.4 Å². The van der Waals surface area contributed by atoms with Crippen LogP contribution in [0.1, 0.15) is 52.3 Å². The molecule has 1 aromatic carbocycles. The summed E-state index contributed by atoms with van der Waals surface area (Å²) in [6.45, 7) is 15.8. The van der Waals surface area contributed by atoms with Crippen molar-refractivity contribution in [1.29, 1.82) is 0 Å². The highest BCUT2D eigenvalue weighted by molar-refractivity contribution is 5.89. The predicted octanol–water partition coefficient (Wildman–Crippen LogP) is 4.95. The molecule has 1 aliphatic rings. The van der Waals surface area contributed by atoms with Gasteiger partial charge in [-0.2, -0.15) is 0 Å². The fourth-order valence-corrected chi connectivity index (χ4v) is 4.67. The maximum atomic E-state index is 12.6. The number of carbonyl (C=O) groups excluding carboxylic acids is 1. The molecule has 0 bridgehead atoms. The summed E-state index contributed by atoms with van der Waals surface area (Å²) >= 11 is 0. The number of rotatable bonds is 8. The molecular weight excluding hydrogens is 400 g/mol. The number of aryl methyl sites for hydroxylation is 1. The molecular formula is C26H38N4O2. The molecule has 1 atom stereocenters. The van der Waals surface area contributed by atoms with Crippen molar-refractivity contribution in [3.8, 4) is 0 Å². The van der Waals surface area contributed by atoms with E-state index in [2.05, 4.69) is 60.3 Å². The third kappa shape index (κ3) is 5.13. The molecule has 174 valence electrons. The van der Waals surface area contributed by atoms with E-state index in [1.807, 2.05) is 50.4 Å². The highest BCUT2D eigenvalue weighted by atomic mass is 16.5. The minimum atomic E-state index is -0.391. The molecule has 1 fully saturated rings. The Morgan fingerprint density at radius 2 is 1.88 bits per heavy atom. The molecule has 0 unspecified atom stereocenters. The van der Waals surface area contributed by atoms with Crippen molar-refractivity contribution in [2.75, 3.05) is 31.6 Å². The van der Waals surface area contributed by atoms with E-state index >= 15 is 0 Å². The van der Waals surface area contributed by atoms with E-state index in [0.29, 0.717) is 13.2 Å². The van der Waals surface area contributed by atoms with E-state index in [-0.39, 0.29) is 17.0 Å². The van der Waals surface area contributed by atoms with E-state index in [0.717, 1.165) is 30.9 Å². The number of nitrogens with zero attached hydrogens (tertiary/aromatic N) is 2. The minimum absolute atomic E-state index is 0.170. The van der Waals surface area contributed by atoms with Gasteiger partial charge in [0, 0.05) is 48.2 Å². The molecule has 2 aromatic rings.